The number of terminal acetylenes is 1. The fourth-order valence-electron chi connectivity index (χ4n) is 2.01. The molecule has 0 atom stereocenters. The lowest BCUT2D eigenvalue weighted by Crippen LogP contribution is -2.15. The molecule has 0 spiro atoms. The van der Waals surface area contributed by atoms with E-state index < -0.39 is 5.91 Å². The Morgan fingerprint density at radius 2 is 2.29 bits per heavy atom. The second-order valence-electron chi connectivity index (χ2n) is 4.16. The number of amides is 1. The molecule has 0 saturated carbocycles. The van der Waals surface area contributed by atoms with Crippen molar-refractivity contribution in [3.05, 3.63) is 35.2 Å². The van der Waals surface area contributed by atoms with Gasteiger partial charge in [0.15, 0.2) is 0 Å². The fraction of sp³-hybridized carbons (Fsp3) is 0.231. The van der Waals surface area contributed by atoms with Gasteiger partial charge in [-0.15, -0.1) is 6.42 Å². The van der Waals surface area contributed by atoms with Gasteiger partial charge in [-0.3, -0.25) is 4.79 Å². The minimum Gasteiger partial charge on any atom is -0.366 e. The van der Waals surface area contributed by atoms with E-state index in [0.29, 0.717) is 11.1 Å². The number of nitrogens with zero attached hydrogens (tertiary/aromatic N) is 2. The van der Waals surface area contributed by atoms with Gasteiger partial charge in [0.1, 0.15) is 0 Å². The summed E-state index contributed by atoms with van der Waals surface area (Å²) in [5, 5.41) is 4.16. The lowest BCUT2D eigenvalue weighted by atomic mass is 9.95. The van der Waals surface area contributed by atoms with E-state index in [4.69, 9.17) is 12.2 Å². The van der Waals surface area contributed by atoms with E-state index in [0.717, 1.165) is 11.1 Å². The van der Waals surface area contributed by atoms with Crippen LogP contribution in [0.4, 0.5) is 0 Å². The molecule has 2 aromatic heterocycles. The average molecular weight is 227 g/mol. The second kappa shape index (κ2) is 3.95. The number of pyridine rings is 1. The van der Waals surface area contributed by atoms with Crippen LogP contribution in [0, 0.1) is 12.3 Å². The largest absolute Gasteiger partial charge is 0.366 e. The minimum atomic E-state index is -0.444. The summed E-state index contributed by atoms with van der Waals surface area (Å²) >= 11 is 0. The summed E-state index contributed by atoms with van der Waals surface area (Å²) in [5.41, 5.74) is 8.21. The van der Waals surface area contributed by atoms with Crippen molar-refractivity contribution in [1.29, 1.82) is 0 Å². The monoisotopic (exact) mass is 227 g/mol. The molecular weight excluding hydrogens is 214 g/mol. The molecule has 0 aliphatic carbocycles. The molecule has 0 unspecified atom stereocenters. The van der Waals surface area contributed by atoms with Crippen LogP contribution in [-0.4, -0.2) is 15.5 Å². The molecule has 2 aromatic rings. The fourth-order valence-corrected chi connectivity index (χ4v) is 2.01. The Morgan fingerprint density at radius 3 is 2.82 bits per heavy atom. The molecule has 0 radical (unpaired) electrons. The highest BCUT2D eigenvalue weighted by Crippen LogP contribution is 2.26. The molecule has 2 N–H and O–H groups in total. The van der Waals surface area contributed by atoms with Gasteiger partial charge in [-0.2, -0.15) is 5.10 Å². The van der Waals surface area contributed by atoms with E-state index >= 15 is 0 Å². The summed E-state index contributed by atoms with van der Waals surface area (Å²) in [7, 11) is 0. The first-order valence-corrected chi connectivity index (χ1v) is 5.33. The van der Waals surface area contributed by atoms with Crippen LogP contribution in [0.2, 0.25) is 0 Å². The number of carbonyl (C=O) groups is 1. The van der Waals surface area contributed by atoms with Crippen LogP contribution < -0.4 is 5.73 Å². The van der Waals surface area contributed by atoms with Crippen LogP contribution in [-0.2, 0) is 0 Å². The molecule has 0 fully saturated rings. The normalized spacial score (nSPS) is 10.7. The molecule has 0 aromatic carbocycles. The summed E-state index contributed by atoms with van der Waals surface area (Å²) in [6.45, 7) is 3.99. The summed E-state index contributed by atoms with van der Waals surface area (Å²) < 4.78 is 1.68. The van der Waals surface area contributed by atoms with E-state index in [1.54, 1.807) is 23.0 Å². The van der Waals surface area contributed by atoms with Gasteiger partial charge in [0, 0.05) is 11.8 Å². The van der Waals surface area contributed by atoms with E-state index in [1.165, 1.54) is 0 Å². The first-order valence-electron chi connectivity index (χ1n) is 5.33. The predicted molar refractivity (Wildman–Crippen MR) is 65.7 cm³/mol. The summed E-state index contributed by atoms with van der Waals surface area (Å²) in [5.74, 6) is 2.28. The predicted octanol–water partition coefficient (Wildman–Crippen LogP) is 1.54. The molecule has 0 bridgehead atoms. The third kappa shape index (κ3) is 1.66. The first-order chi connectivity index (χ1) is 8.06. The van der Waals surface area contributed by atoms with Crippen molar-refractivity contribution in [2.45, 2.75) is 19.8 Å². The van der Waals surface area contributed by atoms with Gasteiger partial charge in [0.05, 0.1) is 17.3 Å². The quantitative estimate of drug-likeness (QED) is 0.791. The summed E-state index contributed by atoms with van der Waals surface area (Å²) in [6.07, 6.45) is 8.75. The SMILES string of the molecule is C#Cc1cnn2ccc(C(N)=O)c(C(C)C)c12. The minimum absolute atomic E-state index is 0.144. The maximum atomic E-state index is 11.4. The number of aromatic nitrogens is 2. The Balaban J connectivity index is 2.92. The van der Waals surface area contributed by atoms with Crippen molar-refractivity contribution in [3.63, 3.8) is 0 Å². The lowest BCUT2D eigenvalue weighted by Gasteiger charge is -2.12. The molecule has 86 valence electrons. The Morgan fingerprint density at radius 1 is 1.59 bits per heavy atom. The van der Waals surface area contributed by atoms with E-state index in [9.17, 15) is 4.79 Å². The van der Waals surface area contributed by atoms with Crippen LogP contribution >= 0.6 is 0 Å². The van der Waals surface area contributed by atoms with E-state index in [-0.39, 0.29) is 5.92 Å². The topological polar surface area (TPSA) is 60.4 Å². The van der Waals surface area contributed by atoms with Gasteiger partial charge >= 0.3 is 0 Å². The highest BCUT2D eigenvalue weighted by atomic mass is 16.1. The van der Waals surface area contributed by atoms with Crippen molar-refractivity contribution in [3.8, 4) is 12.3 Å². The molecule has 2 heterocycles. The van der Waals surface area contributed by atoms with Gasteiger partial charge in [-0.1, -0.05) is 19.8 Å². The smallest absolute Gasteiger partial charge is 0.249 e. The van der Waals surface area contributed by atoms with Crippen LogP contribution in [0.25, 0.3) is 5.52 Å². The maximum absolute atomic E-state index is 11.4. The Hall–Kier alpha value is -2.28. The van der Waals surface area contributed by atoms with E-state index in [2.05, 4.69) is 11.0 Å². The van der Waals surface area contributed by atoms with Gasteiger partial charge in [0.25, 0.3) is 0 Å². The number of rotatable bonds is 2. The molecule has 0 aliphatic heterocycles. The van der Waals surface area contributed by atoms with E-state index in [1.807, 2.05) is 13.8 Å². The number of hydrogen-bond donors (Lipinski definition) is 1. The third-order valence-electron chi connectivity index (χ3n) is 2.72. The second-order valence-corrected chi connectivity index (χ2v) is 4.16. The zero-order valence-corrected chi connectivity index (χ0v) is 9.77. The molecule has 0 aliphatic rings. The van der Waals surface area contributed by atoms with Crippen LogP contribution in [0.15, 0.2) is 18.5 Å². The van der Waals surface area contributed by atoms with Crippen molar-refractivity contribution >= 4 is 11.4 Å². The van der Waals surface area contributed by atoms with Crippen molar-refractivity contribution in [2.24, 2.45) is 5.73 Å². The molecule has 4 nitrogen and oxygen atoms in total. The Bertz CT molecular complexity index is 632. The molecule has 2 rings (SSSR count). The van der Waals surface area contributed by atoms with Crippen LogP contribution in [0.1, 0.15) is 41.3 Å². The first kappa shape index (κ1) is 11.2. The molecule has 0 saturated heterocycles. The van der Waals surface area contributed by atoms with Crippen LogP contribution in [0.5, 0.6) is 0 Å². The number of fused-ring (bicyclic) bond motifs is 1. The highest BCUT2D eigenvalue weighted by Gasteiger charge is 2.17. The average Bonchev–Trinajstić information content (AvgIpc) is 2.69. The lowest BCUT2D eigenvalue weighted by molar-refractivity contribution is 0.0999. The van der Waals surface area contributed by atoms with Gasteiger partial charge in [-0.05, 0) is 17.5 Å². The third-order valence-corrected chi connectivity index (χ3v) is 2.72. The summed E-state index contributed by atoms with van der Waals surface area (Å²) in [6, 6.07) is 1.68. The van der Waals surface area contributed by atoms with Gasteiger partial charge < -0.3 is 5.73 Å². The standard InChI is InChI=1S/C13H13N3O/c1-4-9-7-15-16-6-5-10(13(14)17)11(8(2)3)12(9)16/h1,5-8H,2-3H3,(H2,14,17). The number of nitrogens with two attached hydrogens (primary N) is 1. The van der Waals surface area contributed by atoms with Gasteiger partial charge in [0.2, 0.25) is 5.91 Å². The zero-order chi connectivity index (χ0) is 12.6. The molecular formula is C13H13N3O. The number of carbonyl (C=O) groups excluding carboxylic acids is 1. The Labute approximate surface area is 99.4 Å². The van der Waals surface area contributed by atoms with Crippen molar-refractivity contribution in [1.82, 2.24) is 9.61 Å². The number of primary amides is 1. The maximum Gasteiger partial charge on any atom is 0.249 e. The van der Waals surface area contributed by atoms with Crippen LogP contribution in [0.3, 0.4) is 0 Å². The molecule has 17 heavy (non-hydrogen) atoms. The van der Waals surface area contributed by atoms with Crippen molar-refractivity contribution < 1.29 is 4.79 Å². The molecule has 4 heteroatoms. The highest BCUT2D eigenvalue weighted by molar-refractivity contribution is 5.97. The number of hydrogen-bond acceptors (Lipinski definition) is 2. The molecule has 1 amide bonds. The Kier molecular flexibility index (Phi) is 2.60. The zero-order valence-electron chi connectivity index (χ0n) is 9.77. The summed E-state index contributed by atoms with van der Waals surface area (Å²) in [4.78, 5) is 11.4. The van der Waals surface area contributed by atoms with Crippen molar-refractivity contribution in [2.75, 3.05) is 0 Å². The van der Waals surface area contributed by atoms with Gasteiger partial charge in [-0.25, -0.2) is 4.52 Å².